The van der Waals surface area contributed by atoms with Crippen molar-refractivity contribution in [2.45, 2.75) is 38.1 Å². The summed E-state index contributed by atoms with van der Waals surface area (Å²) in [5, 5.41) is 8.36. The van der Waals surface area contributed by atoms with Gasteiger partial charge in [0.25, 0.3) is 0 Å². The van der Waals surface area contributed by atoms with Crippen molar-refractivity contribution in [1.82, 2.24) is 16.0 Å². The largest absolute Gasteiger partial charge is 0.351 e. The molecule has 5 nitrogen and oxygen atoms in total. The molecule has 2 bridgehead atoms. The number of nitrogens with one attached hydrogen (secondary N) is 3. The molecular formula is C16H25N3O2. The molecule has 3 N–H and O–H groups in total. The van der Waals surface area contributed by atoms with Crippen LogP contribution in [0.25, 0.3) is 0 Å². The molecule has 0 radical (unpaired) electrons. The second-order valence-electron chi connectivity index (χ2n) is 6.68. The predicted octanol–water partition coefficient (Wildman–Crippen LogP) is 1.41. The fraction of sp³-hybridized carbons (Fsp3) is 0.750. The molecule has 3 aliphatic rings. The smallest absolute Gasteiger partial charge is 0.315 e. The lowest BCUT2D eigenvalue weighted by molar-refractivity contribution is -0.119. The zero-order valence-corrected chi connectivity index (χ0v) is 12.4. The average molecular weight is 291 g/mol. The summed E-state index contributed by atoms with van der Waals surface area (Å²) in [7, 11) is 0. The number of rotatable bonds is 5. The highest BCUT2D eigenvalue weighted by molar-refractivity contribution is 5.84. The molecule has 0 aromatic heterocycles. The lowest BCUT2D eigenvalue weighted by atomic mass is 9.79. The van der Waals surface area contributed by atoms with E-state index in [-0.39, 0.29) is 18.5 Å². The number of hydrogen-bond acceptors (Lipinski definition) is 2. The minimum atomic E-state index is -0.212. The van der Waals surface area contributed by atoms with Crippen LogP contribution in [0.15, 0.2) is 12.7 Å². The quantitative estimate of drug-likeness (QED) is 0.670. The van der Waals surface area contributed by atoms with E-state index in [0.29, 0.717) is 18.5 Å². The summed E-state index contributed by atoms with van der Waals surface area (Å²) < 4.78 is 0. The van der Waals surface area contributed by atoms with E-state index < -0.39 is 0 Å². The van der Waals surface area contributed by atoms with Crippen LogP contribution >= 0.6 is 0 Å². The molecule has 0 spiro atoms. The van der Waals surface area contributed by atoms with E-state index in [2.05, 4.69) is 22.5 Å². The Morgan fingerprint density at radius 2 is 1.90 bits per heavy atom. The van der Waals surface area contributed by atoms with Gasteiger partial charge in [0.2, 0.25) is 5.91 Å². The highest BCUT2D eigenvalue weighted by Crippen LogP contribution is 2.58. The van der Waals surface area contributed by atoms with Crippen molar-refractivity contribution in [3.8, 4) is 0 Å². The molecule has 3 amide bonds. The van der Waals surface area contributed by atoms with Gasteiger partial charge in [-0.15, -0.1) is 6.58 Å². The van der Waals surface area contributed by atoms with Gasteiger partial charge in [0.15, 0.2) is 0 Å². The van der Waals surface area contributed by atoms with E-state index >= 15 is 0 Å². The number of urea groups is 1. The van der Waals surface area contributed by atoms with Gasteiger partial charge in [-0.2, -0.15) is 0 Å². The maximum atomic E-state index is 11.9. The number of amides is 3. The Labute approximate surface area is 125 Å². The molecule has 0 aromatic carbocycles. The summed E-state index contributed by atoms with van der Waals surface area (Å²) in [5.41, 5.74) is 0. The van der Waals surface area contributed by atoms with Crippen LogP contribution in [0.3, 0.4) is 0 Å². The van der Waals surface area contributed by atoms with Gasteiger partial charge in [-0.25, -0.2) is 4.79 Å². The third-order valence-corrected chi connectivity index (χ3v) is 5.60. The fourth-order valence-electron chi connectivity index (χ4n) is 4.86. The summed E-state index contributed by atoms with van der Waals surface area (Å²) in [6.07, 6.45) is 8.14. The molecule has 0 unspecified atom stereocenters. The second kappa shape index (κ2) is 6.08. The van der Waals surface area contributed by atoms with Crippen LogP contribution in [0.5, 0.6) is 0 Å². The normalized spacial score (nSPS) is 36.1. The summed E-state index contributed by atoms with van der Waals surface area (Å²) in [5.74, 6) is 3.08. The van der Waals surface area contributed by atoms with Crippen molar-refractivity contribution in [1.29, 1.82) is 0 Å². The van der Waals surface area contributed by atoms with Gasteiger partial charge in [-0.3, -0.25) is 4.79 Å². The van der Waals surface area contributed by atoms with Gasteiger partial charge in [0.05, 0.1) is 6.54 Å². The van der Waals surface area contributed by atoms with E-state index in [0.717, 1.165) is 24.2 Å². The van der Waals surface area contributed by atoms with Crippen molar-refractivity contribution in [3.05, 3.63) is 12.7 Å². The van der Waals surface area contributed by atoms with Gasteiger partial charge in [0, 0.05) is 12.6 Å². The van der Waals surface area contributed by atoms with Crippen LogP contribution in [-0.4, -0.2) is 31.1 Å². The van der Waals surface area contributed by atoms with E-state index in [1.807, 2.05) is 0 Å². The highest BCUT2D eigenvalue weighted by Gasteiger charge is 2.53. The Bertz CT molecular complexity index is 437. The first-order valence-electron chi connectivity index (χ1n) is 8.11. The SMILES string of the molecule is C=CCNC(=O)CNC(=O)N[C@@H]1C[C@H]2C[C@H]1[C@H]1CCC[C@H]21. The molecule has 0 heterocycles. The van der Waals surface area contributed by atoms with Crippen molar-refractivity contribution in [2.24, 2.45) is 23.7 Å². The second-order valence-corrected chi connectivity index (χ2v) is 6.68. The van der Waals surface area contributed by atoms with Crippen LogP contribution in [0.1, 0.15) is 32.1 Å². The zero-order valence-electron chi connectivity index (χ0n) is 12.4. The number of carbonyl (C=O) groups excluding carboxylic acids is 2. The van der Waals surface area contributed by atoms with E-state index in [9.17, 15) is 9.59 Å². The molecule has 5 atom stereocenters. The molecule has 0 saturated heterocycles. The van der Waals surface area contributed by atoms with Crippen molar-refractivity contribution in [3.63, 3.8) is 0 Å². The average Bonchev–Trinajstić information content (AvgIpc) is 3.14. The molecule has 21 heavy (non-hydrogen) atoms. The first-order valence-corrected chi connectivity index (χ1v) is 8.11. The molecule has 3 aliphatic carbocycles. The third-order valence-electron chi connectivity index (χ3n) is 5.60. The standard InChI is InChI=1S/C16H25N3O2/c1-2-6-17-15(20)9-18-16(21)19-14-8-10-7-13(14)12-5-3-4-11(10)12/h2,10-14H,1,3-9H2,(H,17,20)(H2,18,19,21)/t10-,11-,12+,13+,14-/m1/s1. The first-order chi connectivity index (χ1) is 10.2. The third kappa shape index (κ3) is 2.92. The number of hydrogen-bond donors (Lipinski definition) is 3. The lowest BCUT2D eigenvalue weighted by Gasteiger charge is -2.32. The number of carbonyl (C=O) groups is 2. The van der Waals surface area contributed by atoms with Crippen molar-refractivity contribution in [2.75, 3.05) is 13.1 Å². The van der Waals surface area contributed by atoms with Crippen LogP contribution in [0, 0.1) is 23.7 Å². The van der Waals surface area contributed by atoms with Gasteiger partial charge < -0.3 is 16.0 Å². The van der Waals surface area contributed by atoms with E-state index in [1.54, 1.807) is 6.08 Å². The minimum absolute atomic E-state index is 0.0204. The summed E-state index contributed by atoms with van der Waals surface area (Å²) >= 11 is 0. The molecule has 3 saturated carbocycles. The van der Waals surface area contributed by atoms with Crippen LogP contribution < -0.4 is 16.0 Å². The van der Waals surface area contributed by atoms with Crippen LogP contribution in [0.4, 0.5) is 4.79 Å². The molecule has 116 valence electrons. The summed E-state index contributed by atoms with van der Waals surface area (Å²) in [6, 6.07) is 0.0986. The van der Waals surface area contributed by atoms with Crippen LogP contribution in [-0.2, 0) is 4.79 Å². The van der Waals surface area contributed by atoms with Crippen LogP contribution in [0.2, 0.25) is 0 Å². The molecular weight excluding hydrogens is 266 g/mol. The first kappa shape index (κ1) is 14.4. The minimum Gasteiger partial charge on any atom is -0.351 e. The topological polar surface area (TPSA) is 70.2 Å². The Kier molecular flexibility index (Phi) is 4.17. The molecule has 3 rings (SSSR count). The Morgan fingerprint density at radius 1 is 1.10 bits per heavy atom. The summed E-state index contributed by atoms with van der Waals surface area (Å²) in [4.78, 5) is 23.3. The van der Waals surface area contributed by atoms with Crippen molar-refractivity contribution >= 4 is 11.9 Å². The monoisotopic (exact) mass is 291 g/mol. The Hall–Kier alpha value is -1.52. The van der Waals surface area contributed by atoms with E-state index in [4.69, 9.17) is 0 Å². The highest BCUT2D eigenvalue weighted by atomic mass is 16.2. The lowest BCUT2D eigenvalue weighted by Crippen LogP contribution is -2.48. The van der Waals surface area contributed by atoms with E-state index in [1.165, 1.54) is 25.7 Å². The van der Waals surface area contributed by atoms with Gasteiger partial charge in [0.1, 0.15) is 0 Å². The number of fused-ring (bicyclic) bond motifs is 5. The maximum Gasteiger partial charge on any atom is 0.315 e. The molecule has 5 heteroatoms. The van der Waals surface area contributed by atoms with Gasteiger partial charge in [-0.1, -0.05) is 12.5 Å². The zero-order chi connectivity index (χ0) is 14.8. The molecule has 0 aromatic rings. The Morgan fingerprint density at radius 3 is 2.71 bits per heavy atom. The molecule has 3 fully saturated rings. The Balaban J connectivity index is 1.42. The molecule has 0 aliphatic heterocycles. The maximum absolute atomic E-state index is 11.9. The van der Waals surface area contributed by atoms with Crippen molar-refractivity contribution < 1.29 is 9.59 Å². The fourth-order valence-corrected chi connectivity index (χ4v) is 4.86. The summed E-state index contributed by atoms with van der Waals surface area (Å²) in [6.45, 7) is 3.98. The van der Waals surface area contributed by atoms with Gasteiger partial charge in [-0.05, 0) is 49.4 Å². The van der Waals surface area contributed by atoms with Gasteiger partial charge >= 0.3 is 6.03 Å². The predicted molar refractivity (Wildman–Crippen MR) is 80.6 cm³/mol.